The predicted molar refractivity (Wildman–Crippen MR) is 68.3 cm³/mol. The average molecular weight is 253 g/mol. The van der Waals surface area contributed by atoms with Gasteiger partial charge >= 0.3 is 0 Å². The lowest BCUT2D eigenvalue weighted by Gasteiger charge is -2.14. The highest BCUT2D eigenvalue weighted by atomic mass is 35.5. The number of pyridine rings is 1. The Morgan fingerprint density at radius 1 is 1.53 bits per heavy atom. The SMILES string of the molecule is Cc1cccc(C(=O)NCC2CCCC2Cl)n1. The Morgan fingerprint density at radius 2 is 2.35 bits per heavy atom. The van der Waals surface area contributed by atoms with E-state index in [1.54, 1.807) is 6.07 Å². The molecule has 3 nitrogen and oxygen atoms in total. The number of hydrogen-bond acceptors (Lipinski definition) is 2. The van der Waals surface area contributed by atoms with Crippen LogP contribution in [0.2, 0.25) is 0 Å². The summed E-state index contributed by atoms with van der Waals surface area (Å²) in [5.41, 5.74) is 1.34. The average Bonchev–Trinajstić information content (AvgIpc) is 2.72. The quantitative estimate of drug-likeness (QED) is 0.840. The van der Waals surface area contributed by atoms with E-state index in [-0.39, 0.29) is 11.3 Å². The van der Waals surface area contributed by atoms with Crippen molar-refractivity contribution in [3.63, 3.8) is 0 Å². The van der Waals surface area contributed by atoms with Gasteiger partial charge in [0.2, 0.25) is 0 Å². The van der Waals surface area contributed by atoms with Crippen molar-refractivity contribution in [1.82, 2.24) is 10.3 Å². The van der Waals surface area contributed by atoms with Crippen molar-refractivity contribution in [3.8, 4) is 0 Å². The largest absolute Gasteiger partial charge is 0.350 e. The van der Waals surface area contributed by atoms with Crippen molar-refractivity contribution in [1.29, 1.82) is 0 Å². The number of carbonyl (C=O) groups is 1. The van der Waals surface area contributed by atoms with Gasteiger partial charge in [-0.15, -0.1) is 11.6 Å². The molecule has 1 aromatic rings. The molecule has 0 bridgehead atoms. The van der Waals surface area contributed by atoms with Gasteiger partial charge in [0, 0.05) is 17.6 Å². The summed E-state index contributed by atoms with van der Waals surface area (Å²) < 4.78 is 0. The van der Waals surface area contributed by atoms with Crippen LogP contribution in [0.15, 0.2) is 18.2 Å². The van der Waals surface area contributed by atoms with Crippen molar-refractivity contribution in [2.24, 2.45) is 5.92 Å². The van der Waals surface area contributed by atoms with E-state index in [4.69, 9.17) is 11.6 Å². The molecular weight excluding hydrogens is 236 g/mol. The number of amides is 1. The van der Waals surface area contributed by atoms with Crippen molar-refractivity contribution in [2.75, 3.05) is 6.54 Å². The van der Waals surface area contributed by atoms with Gasteiger partial charge in [-0.05, 0) is 37.8 Å². The highest BCUT2D eigenvalue weighted by molar-refractivity contribution is 6.21. The fourth-order valence-electron chi connectivity index (χ4n) is 2.21. The number of rotatable bonds is 3. The maximum absolute atomic E-state index is 11.8. The first-order chi connectivity index (χ1) is 8.16. The minimum atomic E-state index is -0.107. The monoisotopic (exact) mass is 252 g/mol. The van der Waals surface area contributed by atoms with Crippen LogP contribution in [0.5, 0.6) is 0 Å². The third-order valence-electron chi connectivity index (χ3n) is 3.21. The minimum Gasteiger partial charge on any atom is -0.350 e. The second-order valence-electron chi connectivity index (χ2n) is 4.58. The molecule has 1 aliphatic rings. The van der Waals surface area contributed by atoms with Crippen LogP contribution in [0.4, 0.5) is 0 Å². The van der Waals surface area contributed by atoms with E-state index in [9.17, 15) is 4.79 Å². The second-order valence-corrected chi connectivity index (χ2v) is 5.14. The number of nitrogens with zero attached hydrogens (tertiary/aromatic N) is 1. The minimum absolute atomic E-state index is 0.107. The number of carbonyl (C=O) groups excluding carboxylic acids is 1. The molecule has 17 heavy (non-hydrogen) atoms. The van der Waals surface area contributed by atoms with Crippen LogP contribution in [0.1, 0.15) is 35.4 Å². The summed E-state index contributed by atoms with van der Waals surface area (Å²) in [7, 11) is 0. The Hall–Kier alpha value is -1.09. The smallest absolute Gasteiger partial charge is 0.269 e. The molecule has 2 unspecified atom stereocenters. The Kier molecular flexibility index (Phi) is 4.00. The summed E-state index contributed by atoms with van der Waals surface area (Å²) in [6, 6.07) is 5.45. The number of aromatic nitrogens is 1. The van der Waals surface area contributed by atoms with E-state index in [0.29, 0.717) is 18.2 Å². The molecule has 0 radical (unpaired) electrons. The summed E-state index contributed by atoms with van der Waals surface area (Å²) in [4.78, 5) is 16.0. The highest BCUT2D eigenvalue weighted by Gasteiger charge is 2.25. The molecule has 1 fully saturated rings. The van der Waals surface area contributed by atoms with E-state index < -0.39 is 0 Å². The van der Waals surface area contributed by atoms with Crippen molar-refractivity contribution >= 4 is 17.5 Å². The Labute approximate surface area is 107 Å². The fraction of sp³-hybridized carbons (Fsp3) is 0.538. The first-order valence-corrected chi connectivity index (χ1v) is 6.46. The molecule has 0 saturated heterocycles. The number of alkyl halides is 1. The molecule has 1 amide bonds. The predicted octanol–water partition coefficient (Wildman–Crippen LogP) is 2.53. The molecule has 2 atom stereocenters. The third-order valence-corrected chi connectivity index (χ3v) is 3.79. The maximum Gasteiger partial charge on any atom is 0.269 e. The standard InChI is InChI=1S/C13H17ClN2O/c1-9-4-2-7-12(16-9)13(17)15-8-10-5-3-6-11(10)14/h2,4,7,10-11H,3,5-6,8H2,1H3,(H,15,17). The third kappa shape index (κ3) is 3.19. The van der Waals surface area contributed by atoms with Crippen molar-refractivity contribution in [3.05, 3.63) is 29.6 Å². The highest BCUT2D eigenvalue weighted by Crippen LogP contribution is 2.29. The first kappa shape index (κ1) is 12.4. The lowest BCUT2D eigenvalue weighted by atomic mass is 10.1. The molecule has 1 aromatic heterocycles. The van der Waals surface area contributed by atoms with E-state index in [2.05, 4.69) is 10.3 Å². The zero-order chi connectivity index (χ0) is 12.3. The molecular formula is C13H17ClN2O. The maximum atomic E-state index is 11.8. The van der Waals surface area contributed by atoms with Crippen LogP contribution in [-0.4, -0.2) is 22.8 Å². The molecule has 1 aliphatic carbocycles. The van der Waals surface area contributed by atoms with Crippen LogP contribution in [-0.2, 0) is 0 Å². The van der Waals surface area contributed by atoms with Crippen LogP contribution in [0, 0.1) is 12.8 Å². The van der Waals surface area contributed by atoms with Gasteiger partial charge in [-0.2, -0.15) is 0 Å². The summed E-state index contributed by atoms with van der Waals surface area (Å²) in [5.74, 6) is 0.301. The van der Waals surface area contributed by atoms with Gasteiger partial charge in [0.15, 0.2) is 0 Å². The molecule has 2 rings (SSSR count). The topological polar surface area (TPSA) is 42.0 Å². The molecule has 0 aromatic carbocycles. The molecule has 0 spiro atoms. The first-order valence-electron chi connectivity index (χ1n) is 6.03. The van der Waals surface area contributed by atoms with Crippen molar-refractivity contribution < 1.29 is 4.79 Å². The lowest BCUT2D eigenvalue weighted by Crippen LogP contribution is -2.31. The summed E-state index contributed by atoms with van der Waals surface area (Å²) in [6.07, 6.45) is 3.33. The summed E-state index contributed by atoms with van der Waals surface area (Å²) in [6.45, 7) is 2.53. The van der Waals surface area contributed by atoms with Crippen molar-refractivity contribution in [2.45, 2.75) is 31.6 Å². The van der Waals surface area contributed by atoms with Gasteiger partial charge in [-0.3, -0.25) is 4.79 Å². The summed E-state index contributed by atoms with van der Waals surface area (Å²) >= 11 is 6.17. The zero-order valence-corrected chi connectivity index (χ0v) is 10.7. The Bertz CT molecular complexity index is 408. The van der Waals surface area contributed by atoms with Crippen LogP contribution in [0.3, 0.4) is 0 Å². The number of nitrogens with one attached hydrogen (secondary N) is 1. The van der Waals surface area contributed by atoms with Gasteiger partial charge in [-0.25, -0.2) is 4.98 Å². The van der Waals surface area contributed by atoms with E-state index in [1.807, 2.05) is 19.1 Å². The number of hydrogen-bond donors (Lipinski definition) is 1. The number of aryl methyl sites for hydroxylation is 1. The molecule has 0 aliphatic heterocycles. The van der Waals surface area contributed by atoms with E-state index in [0.717, 1.165) is 25.0 Å². The van der Waals surface area contributed by atoms with E-state index >= 15 is 0 Å². The zero-order valence-electron chi connectivity index (χ0n) is 9.95. The van der Waals surface area contributed by atoms with Gasteiger partial charge in [0.25, 0.3) is 5.91 Å². The van der Waals surface area contributed by atoms with Gasteiger partial charge in [0.05, 0.1) is 0 Å². The normalized spacial score (nSPS) is 23.6. The van der Waals surface area contributed by atoms with Crippen LogP contribution in [0.25, 0.3) is 0 Å². The number of halogens is 1. The fourth-order valence-corrected chi connectivity index (χ4v) is 2.57. The lowest BCUT2D eigenvalue weighted by molar-refractivity contribution is 0.0942. The molecule has 1 saturated carbocycles. The van der Waals surface area contributed by atoms with Crippen LogP contribution >= 0.6 is 11.6 Å². The Morgan fingerprint density at radius 3 is 3.00 bits per heavy atom. The van der Waals surface area contributed by atoms with Gasteiger partial charge in [-0.1, -0.05) is 12.5 Å². The van der Waals surface area contributed by atoms with Gasteiger partial charge in [0.1, 0.15) is 5.69 Å². The van der Waals surface area contributed by atoms with Crippen LogP contribution < -0.4 is 5.32 Å². The molecule has 4 heteroatoms. The molecule has 1 N–H and O–H groups in total. The Balaban J connectivity index is 1.89. The molecule has 1 heterocycles. The molecule has 92 valence electrons. The van der Waals surface area contributed by atoms with Gasteiger partial charge < -0.3 is 5.32 Å². The van der Waals surface area contributed by atoms with E-state index in [1.165, 1.54) is 0 Å². The second kappa shape index (κ2) is 5.50. The summed E-state index contributed by atoms with van der Waals surface area (Å²) in [5, 5.41) is 3.12.